The lowest BCUT2D eigenvalue weighted by atomic mass is 9.99. The monoisotopic (exact) mass is 502 g/mol. The predicted octanol–water partition coefficient (Wildman–Crippen LogP) is 6.76. The first kappa shape index (κ1) is 24.5. The van der Waals surface area contributed by atoms with E-state index in [9.17, 15) is 0 Å². The summed E-state index contributed by atoms with van der Waals surface area (Å²) in [4.78, 5) is 16.5. The summed E-state index contributed by atoms with van der Waals surface area (Å²) in [6, 6.07) is 14.2. The van der Waals surface area contributed by atoms with Crippen molar-refractivity contribution < 1.29 is 9.47 Å². The van der Waals surface area contributed by atoms with Gasteiger partial charge in [-0.15, -0.1) is 0 Å². The van der Waals surface area contributed by atoms with Gasteiger partial charge in [0.2, 0.25) is 0 Å². The second-order valence-electron chi connectivity index (χ2n) is 9.70. The Morgan fingerprint density at radius 1 is 0.944 bits per heavy atom. The summed E-state index contributed by atoms with van der Waals surface area (Å²) in [6.07, 6.45) is 4.10. The molecule has 0 saturated carbocycles. The molecule has 2 unspecified atom stereocenters. The van der Waals surface area contributed by atoms with Gasteiger partial charge >= 0.3 is 0 Å². The van der Waals surface area contributed by atoms with E-state index >= 15 is 0 Å². The zero-order valence-electron chi connectivity index (χ0n) is 21.3. The molecule has 0 aliphatic carbocycles. The number of pyridine rings is 3. The maximum absolute atomic E-state index is 6.62. The highest BCUT2D eigenvalue weighted by molar-refractivity contribution is 6.32. The van der Waals surface area contributed by atoms with Crippen LogP contribution in [0.3, 0.4) is 0 Å². The molecule has 4 aromatic rings. The molecule has 6 nitrogen and oxygen atoms in total. The third-order valence-corrected chi connectivity index (χ3v) is 6.89. The Bertz CT molecular complexity index is 1380. The molecule has 1 aliphatic heterocycles. The van der Waals surface area contributed by atoms with Crippen molar-refractivity contribution in [3.8, 4) is 28.0 Å². The van der Waals surface area contributed by atoms with Crippen LogP contribution in [0.2, 0.25) is 5.15 Å². The molecule has 1 fully saturated rings. The Labute approximate surface area is 217 Å². The van der Waals surface area contributed by atoms with E-state index in [0.29, 0.717) is 11.1 Å². The molecule has 0 bridgehead atoms. The van der Waals surface area contributed by atoms with Crippen molar-refractivity contribution in [2.75, 3.05) is 25.1 Å². The maximum atomic E-state index is 6.62. The van der Waals surface area contributed by atoms with Crippen LogP contribution in [0.15, 0.2) is 54.9 Å². The number of nitrogens with zero attached hydrogens (tertiary/aromatic N) is 4. The van der Waals surface area contributed by atoms with E-state index in [2.05, 4.69) is 49.7 Å². The van der Waals surface area contributed by atoms with Gasteiger partial charge in [0, 0.05) is 58.8 Å². The fourth-order valence-corrected chi connectivity index (χ4v) is 5.17. The van der Waals surface area contributed by atoms with Gasteiger partial charge in [-0.3, -0.25) is 4.98 Å². The lowest BCUT2D eigenvalue weighted by molar-refractivity contribution is -0.00545. The molecule has 36 heavy (non-hydrogen) atoms. The van der Waals surface area contributed by atoms with Crippen LogP contribution in [0.4, 0.5) is 5.82 Å². The number of hydrogen-bond donors (Lipinski definition) is 0. The van der Waals surface area contributed by atoms with Crippen LogP contribution in [0.25, 0.3) is 33.2 Å². The van der Waals surface area contributed by atoms with Gasteiger partial charge in [0.05, 0.1) is 24.8 Å². The highest BCUT2D eigenvalue weighted by atomic mass is 35.5. The zero-order chi connectivity index (χ0) is 25.4. The second-order valence-corrected chi connectivity index (χ2v) is 10.1. The quantitative estimate of drug-likeness (QED) is 0.281. The lowest BCUT2D eigenvalue weighted by Gasteiger charge is -2.36. The van der Waals surface area contributed by atoms with Gasteiger partial charge in [-0.25, -0.2) is 9.97 Å². The summed E-state index contributed by atoms with van der Waals surface area (Å²) in [6.45, 7) is 10.1. The van der Waals surface area contributed by atoms with Gasteiger partial charge in [-0.2, -0.15) is 0 Å². The zero-order valence-corrected chi connectivity index (χ0v) is 22.1. The van der Waals surface area contributed by atoms with Crippen molar-refractivity contribution in [1.82, 2.24) is 15.0 Å². The Kier molecular flexibility index (Phi) is 6.82. The Hall–Kier alpha value is -3.22. The summed E-state index contributed by atoms with van der Waals surface area (Å²) < 4.78 is 11.8. The largest absolute Gasteiger partial charge is 0.495 e. The van der Waals surface area contributed by atoms with Crippen LogP contribution in [-0.4, -0.2) is 47.4 Å². The van der Waals surface area contributed by atoms with E-state index in [0.717, 1.165) is 63.5 Å². The lowest BCUT2D eigenvalue weighted by Crippen LogP contribution is -2.45. The molecule has 1 aromatic carbocycles. The van der Waals surface area contributed by atoms with Crippen LogP contribution in [0, 0.1) is 0 Å². The van der Waals surface area contributed by atoms with Gasteiger partial charge in [-0.1, -0.05) is 37.6 Å². The van der Waals surface area contributed by atoms with Crippen molar-refractivity contribution in [3.63, 3.8) is 0 Å². The van der Waals surface area contributed by atoms with Gasteiger partial charge in [0.1, 0.15) is 16.7 Å². The molecule has 4 heterocycles. The number of hydrogen-bond acceptors (Lipinski definition) is 6. The Morgan fingerprint density at radius 2 is 1.72 bits per heavy atom. The molecule has 0 radical (unpaired) electrons. The summed E-state index contributed by atoms with van der Waals surface area (Å²) in [7, 11) is 1.69. The third kappa shape index (κ3) is 4.63. The molecule has 0 spiro atoms. The topological polar surface area (TPSA) is 60.4 Å². The minimum Gasteiger partial charge on any atom is -0.495 e. The van der Waals surface area contributed by atoms with E-state index in [1.165, 1.54) is 0 Å². The van der Waals surface area contributed by atoms with Crippen LogP contribution < -0.4 is 9.64 Å². The number of para-hydroxylation sites is 1. The number of halogens is 1. The van der Waals surface area contributed by atoms with Crippen molar-refractivity contribution >= 4 is 28.3 Å². The van der Waals surface area contributed by atoms with Crippen LogP contribution in [0.1, 0.15) is 39.3 Å². The second kappa shape index (κ2) is 10.0. The molecule has 0 amide bonds. The molecule has 186 valence electrons. The predicted molar refractivity (Wildman–Crippen MR) is 146 cm³/mol. The summed E-state index contributed by atoms with van der Waals surface area (Å²) in [5, 5.41) is 1.39. The standard InChI is InChI=1S/C29H31ClN4O2/c1-17(2)25-11-10-22(29(30)33-25)21-7-6-8-23-27(21)32-14-24(28(23)35-5)20-9-12-26(31-13-20)34-15-18(3)36-19(4)16-34/h6-14,17-19H,15-16H2,1-5H3. The summed E-state index contributed by atoms with van der Waals surface area (Å²) in [5.41, 5.74) is 5.41. The average molecular weight is 503 g/mol. The molecular weight excluding hydrogens is 472 g/mol. The normalized spacial score (nSPS) is 18.1. The Morgan fingerprint density at radius 3 is 2.36 bits per heavy atom. The van der Waals surface area contributed by atoms with Crippen LogP contribution >= 0.6 is 11.6 Å². The highest BCUT2D eigenvalue weighted by Crippen LogP contribution is 2.40. The van der Waals surface area contributed by atoms with Crippen molar-refractivity contribution in [3.05, 3.63) is 65.7 Å². The number of benzene rings is 1. The van der Waals surface area contributed by atoms with Gasteiger partial charge < -0.3 is 14.4 Å². The molecule has 5 rings (SSSR count). The maximum Gasteiger partial charge on any atom is 0.137 e. The SMILES string of the molecule is COc1c(-c2ccc(N3CC(C)OC(C)C3)nc2)cnc2c(-c3ccc(C(C)C)nc3Cl)cccc12. The highest BCUT2D eigenvalue weighted by Gasteiger charge is 2.23. The fourth-order valence-electron chi connectivity index (χ4n) is 4.91. The Balaban J connectivity index is 1.53. The van der Waals surface area contributed by atoms with E-state index in [4.69, 9.17) is 31.0 Å². The molecule has 3 aromatic heterocycles. The number of methoxy groups -OCH3 is 1. The van der Waals surface area contributed by atoms with E-state index in [-0.39, 0.29) is 12.2 Å². The number of anilines is 1. The molecule has 1 aliphatic rings. The average Bonchev–Trinajstić information content (AvgIpc) is 2.87. The molecule has 7 heteroatoms. The number of fused-ring (bicyclic) bond motifs is 1. The summed E-state index contributed by atoms with van der Waals surface area (Å²) in [5.74, 6) is 2.01. The third-order valence-electron chi connectivity index (χ3n) is 6.61. The van der Waals surface area contributed by atoms with Crippen molar-refractivity contribution in [2.24, 2.45) is 0 Å². The van der Waals surface area contributed by atoms with E-state index in [1.54, 1.807) is 7.11 Å². The van der Waals surface area contributed by atoms with Crippen molar-refractivity contribution in [1.29, 1.82) is 0 Å². The van der Waals surface area contributed by atoms with Gasteiger partial charge in [-0.05, 0) is 50.1 Å². The molecule has 2 atom stereocenters. The molecule has 1 saturated heterocycles. The first-order valence-corrected chi connectivity index (χ1v) is 12.7. The molecule has 0 N–H and O–H groups in total. The minimum atomic E-state index is 0.180. The first-order chi connectivity index (χ1) is 17.4. The summed E-state index contributed by atoms with van der Waals surface area (Å²) >= 11 is 6.62. The number of ether oxygens (including phenoxy) is 2. The van der Waals surface area contributed by atoms with Crippen molar-refractivity contribution in [2.45, 2.75) is 45.8 Å². The fraction of sp³-hybridized carbons (Fsp3) is 0.345. The van der Waals surface area contributed by atoms with Crippen LogP contribution in [-0.2, 0) is 4.74 Å². The minimum absolute atomic E-state index is 0.180. The van der Waals surface area contributed by atoms with Crippen LogP contribution in [0.5, 0.6) is 5.75 Å². The smallest absolute Gasteiger partial charge is 0.137 e. The number of rotatable bonds is 5. The first-order valence-electron chi connectivity index (χ1n) is 12.3. The molecular formula is C29H31ClN4O2. The van der Waals surface area contributed by atoms with E-state index in [1.807, 2.05) is 42.7 Å². The number of morpholine rings is 1. The van der Waals surface area contributed by atoms with E-state index < -0.39 is 0 Å². The van der Waals surface area contributed by atoms with Gasteiger partial charge in [0.25, 0.3) is 0 Å². The van der Waals surface area contributed by atoms with Gasteiger partial charge in [0.15, 0.2) is 0 Å². The number of aromatic nitrogens is 3.